The van der Waals surface area contributed by atoms with E-state index in [0.717, 1.165) is 49.3 Å². The van der Waals surface area contributed by atoms with E-state index < -0.39 is 0 Å². The molecule has 0 unspecified atom stereocenters. The molecule has 140 valence electrons. The summed E-state index contributed by atoms with van der Waals surface area (Å²) in [6, 6.07) is 8.11. The van der Waals surface area contributed by atoms with Gasteiger partial charge in [-0.15, -0.1) is 0 Å². The summed E-state index contributed by atoms with van der Waals surface area (Å²) in [5, 5.41) is 10.3. The normalized spacial score (nSPS) is 15.4. The second kappa shape index (κ2) is 9.41. The van der Waals surface area contributed by atoms with Crippen LogP contribution in [0, 0.1) is 0 Å². The summed E-state index contributed by atoms with van der Waals surface area (Å²) < 4.78 is 5.70. The molecule has 2 aromatic rings. The van der Waals surface area contributed by atoms with E-state index in [0.29, 0.717) is 5.56 Å². The number of aromatic amines is 1. The number of carbonyl (C=O) groups is 1. The molecule has 0 aliphatic heterocycles. The van der Waals surface area contributed by atoms with Gasteiger partial charge in [0.2, 0.25) is 0 Å². The van der Waals surface area contributed by atoms with Crippen molar-refractivity contribution in [1.82, 2.24) is 15.5 Å². The fourth-order valence-electron chi connectivity index (χ4n) is 3.42. The van der Waals surface area contributed by atoms with Gasteiger partial charge in [-0.3, -0.25) is 9.89 Å². The predicted octanol–water partition coefficient (Wildman–Crippen LogP) is 4.71. The molecule has 0 saturated heterocycles. The fraction of sp³-hybridized carbons (Fsp3) is 0.524. The third-order valence-corrected chi connectivity index (χ3v) is 4.98. The molecule has 0 spiro atoms. The standard InChI is InChI=1S/C21H29N3O2/c1-2-3-14-26-18-12-10-16(11-13-18)20-19(15-22-24-20)21(25)23-17-8-6-4-5-7-9-17/h10-13,15,17H,2-9,14H2,1H3,(H,22,24)(H,23,25). The van der Waals surface area contributed by atoms with Crippen LogP contribution in [0.1, 0.15) is 68.6 Å². The molecule has 1 aromatic heterocycles. The van der Waals surface area contributed by atoms with E-state index in [9.17, 15) is 4.79 Å². The molecule has 1 aromatic carbocycles. The monoisotopic (exact) mass is 355 g/mol. The van der Waals surface area contributed by atoms with Gasteiger partial charge in [-0.05, 0) is 43.5 Å². The molecule has 26 heavy (non-hydrogen) atoms. The number of nitrogens with one attached hydrogen (secondary N) is 2. The summed E-state index contributed by atoms with van der Waals surface area (Å²) in [7, 11) is 0. The Kier molecular flexibility index (Phi) is 6.69. The highest BCUT2D eigenvalue weighted by Crippen LogP contribution is 2.25. The van der Waals surface area contributed by atoms with Gasteiger partial charge in [-0.25, -0.2) is 0 Å². The summed E-state index contributed by atoms with van der Waals surface area (Å²) >= 11 is 0. The maximum Gasteiger partial charge on any atom is 0.255 e. The summed E-state index contributed by atoms with van der Waals surface area (Å²) in [4.78, 5) is 12.7. The Morgan fingerprint density at radius 2 is 1.92 bits per heavy atom. The van der Waals surface area contributed by atoms with Gasteiger partial charge in [0.05, 0.1) is 24.1 Å². The van der Waals surface area contributed by atoms with Crippen molar-refractivity contribution in [1.29, 1.82) is 0 Å². The van der Waals surface area contributed by atoms with Crippen LogP contribution in [0.2, 0.25) is 0 Å². The molecule has 1 saturated carbocycles. The number of benzene rings is 1. The van der Waals surface area contributed by atoms with E-state index in [1.165, 1.54) is 25.7 Å². The lowest BCUT2D eigenvalue weighted by atomic mass is 10.1. The minimum atomic E-state index is -0.0380. The Balaban J connectivity index is 1.66. The van der Waals surface area contributed by atoms with Gasteiger partial charge in [0, 0.05) is 11.6 Å². The Morgan fingerprint density at radius 1 is 1.19 bits per heavy atom. The Morgan fingerprint density at radius 3 is 2.62 bits per heavy atom. The van der Waals surface area contributed by atoms with Gasteiger partial charge >= 0.3 is 0 Å². The molecule has 0 bridgehead atoms. The highest BCUT2D eigenvalue weighted by atomic mass is 16.5. The van der Waals surface area contributed by atoms with E-state index >= 15 is 0 Å². The van der Waals surface area contributed by atoms with Crippen molar-refractivity contribution in [2.45, 2.75) is 64.3 Å². The van der Waals surface area contributed by atoms with Crippen molar-refractivity contribution < 1.29 is 9.53 Å². The smallest absolute Gasteiger partial charge is 0.255 e. The lowest BCUT2D eigenvalue weighted by Gasteiger charge is -2.16. The zero-order valence-corrected chi connectivity index (χ0v) is 15.6. The summed E-state index contributed by atoms with van der Waals surface area (Å²) in [5.41, 5.74) is 2.31. The van der Waals surface area contributed by atoms with Gasteiger partial charge < -0.3 is 10.1 Å². The zero-order valence-electron chi connectivity index (χ0n) is 15.6. The Bertz CT molecular complexity index is 686. The van der Waals surface area contributed by atoms with E-state index in [4.69, 9.17) is 4.74 Å². The van der Waals surface area contributed by atoms with Gasteiger partial charge in [0.1, 0.15) is 5.75 Å². The summed E-state index contributed by atoms with van der Waals surface area (Å²) in [6.07, 6.45) is 10.9. The predicted molar refractivity (Wildman–Crippen MR) is 103 cm³/mol. The van der Waals surface area contributed by atoms with Gasteiger partial charge in [-0.2, -0.15) is 5.10 Å². The van der Waals surface area contributed by atoms with Crippen LogP contribution in [0.5, 0.6) is 5.75 Å². The van der Waals surface area contributed by atoms with Crippen LogP contribution < -0.4 is 10.1 Å². The average molecular weight is 355 g/mol. The SMILES string of the molecule is CCCCOc1ccc(-c2[nH]ncc2C(=O)NC2CCCCCC2)cc1. The van der Waals surface area contributed by atoms with E-state index in [1.807, 2.05) is 24.3 Å². The van der Waals surface area contributed by atoms with E-state index in [1.54, 1.807) is 6.20 Å². The first-order valence-electron chi connectivity index (χ1n) is 9.85. The Hall–Kier alpha value is -2.30. The number of hydrogen-bond donors (Lipinski definition) is 2. The molecular weight excluding hydrogens is 326 g/mol. The minimum absolute atomic E-state index is 0.0380. The molecule has 5 heteroatoms. The first-order chi connectivity index (χ1) is 12.8. The molecular formula is C21H29N3O2. The number of ether oxygens (including phenoxy) is 1. The lowest BCUT2D eigenvalue weighted by molar-refractivity contribution is 0.0934. The maximum atomic E-state index is 12.7. The van der Waals surface area contributed by atoms with Crippen LogP contribution in [0.15, 0.2) is 30.5 Å². The summed E-state index contributed by atoms with van der Waals surface area (Å²) in [6.45, 7) is 2.88. The second-order valence-corrected chi connectivity index (χ2v) is 7.05. The molecule has 0 atom stereocenters. The van der Waals surface area contributed by atoms with Crippen molar-refractivity contribution >= 4 is 5.91 Å². The topological polar surface area (TPSA) is 67.0 Å². The number of nitrogens with zero attached hydrogens (tertiary/aromatic N) is 1. The molecule has 5 nitrogen and oxygen atoms in total. The number of aromatic nitrogens is 2. The molecule has 1 aliphatic carbocycles. The highest BCUT2D eigenvalue weighted by Gasteiger charge is 2.19. The maximum absolute atomic E-state index is 12.7. The first kappa shape index (κ1) is 18.5. The van der Waals surface area contributed by atoms with Crippen LogP contribution in [0.3, 0.4) is 0 Å². The minimum Gasteiger partial charge on any atom is -0.494 e. The van der Waals surface area contributed by atoms with Gasteiger partial charge in [-0.1, -0.05) is 39.0 Å². The first-order valence-corrected chi connectivity index (χ1v) is 9.85. The van der Waals surface area contributed by atoms with Gasteiger partial charge in [0.25, 0.3) is 5.91 Å². The second-order valence-electron chi connectivity index (χ2n) is 7.05. The van der Waals surface area contributed by atoms with Crippen LogP contribution in [-0.2, 0) is 0 Å². The van der Waals surface area contributed by atoms with Crippen LogP contribution in [0.4, 0.5) is 0 Å². The Labute approximate surface area is 155 Å². The van der Waals surface area contributed by atoms with Crippen LogP contribution >= 0.6 is 0 Å². The van der Waals surface area contributed by atoms with Crippen LogP contribution in [-0.4, -0.2) is 28.8 Å². The van der Waals surface area contributed by atoms with E-state index in [-0.39, 0.29) is 11.9 Å². The third kappa shape index (κ3) is 4.87. The molecule has 1 amide bonds. The molecule has 0 radical (unpaired) electrons. The number of H-pyrrole nitrogens is 1. The molecule has 1 fully saturated rings. The molecule has 2 N–H and O–H groups in total. The number of hydrogen-bond acceptors (Lipinski definition) is 3. The fourth-order valence-corrected chi connectivity index (χ4v) is 3.42. The van der Waals surface area contributed by atoms with Crippen LogP contribution in [0.25, 0.3) is 11.3 Å². The van der Waals surface area contributed by atoms with Gasteiger partial charge in [0.15, 0.2) is 0 Å². The van der Waals surface area contributed by atoms with Crippen molar-refractivity contribution in [2.75, 3.05) is 6.61 Å². The quantitative estimate of drug-likeness (QED) is 0.558. The molecule has 3 rings (SSSR count). The van der Waals surface area contributed by atoms with Crippen molar-refractivity contribution in [3.8, 4) is 17.0 Å². The third-order valence-electron chi connectivity index (χ3n) is 4.98. The molecule has 1 heterocycles. The highest BCUT2D eigenvalue weighted by molar-refractivity contribution is 5.99. The number of carbonyl (C=O) groups excluding carboxylic acids is 1. The van der Waals surface area contributed by atoms with E-state index in [2.05, 4.69) is 22.4 Å². The number of unbranched alkanes of at least 4 members (excludes halogenated alkanes) is 1. The lowest BCUT2D eigenvalue weighted by Crippen LogP contribution is -2.34. The van der Waals surface area contributed by atoms with Crippen molar-refractivity contribution in [3.63, 3.8) is 0 Å². The number of rotatable bonds is 7. The molecule has 1 aliphatic rings. The van der Waals surface area contributed by atoms with Crippen molar-refractivity contribution in [3.05, 3.63) is 36.0 Å². The summed E-state index contributed by atoms with van der Waals surface area (Å²) in [5.74, 6) is 0.815. The average Bonchev–Trinajstić information content (AvgIpc) is 3.01. The van der Waals surface area contributed by atoms with Crippen molar-refractivity contribution in [2.24, 2.45) is 0 Å². The number of amides is 1. The largest absolute Gasteiger partial charge is 0.494 e. The zero-order chi connectivity index (χ0) is 18.2.